The first kappa shape index (κ1) is 21.4. The molecule has 7 heteroatoms. The van der Waals surface area contributed by atoms with E-state index in [-0.39, 0.29) is 11.8 Å². The summed E-state index contributed by atoms with van der Waals surface area (Å²) in [6, 6.07) is 10.0. The molecule has 2 aliphatic rings. The summed E-state index contributed by atoms with van der Waals surface area (Å²) in [5.41, 5.74) is 6.37. The van der Waals surface area contributed by atoms with Crippen LogP contribution in [0.15, 0.2) is 48.9 Å². The minimum Gasteiger partial charge on any atom is -0.366 e. The zero-order chi connectivity index (χ0) is 22.6. The van der Waals surface area contributed by atoms with Gasteiger partial charge in [0.25, 0.3) is 0 Å². The number of aromatic nitrogens is 3. The van der Waals surface area contributed by atoms with Gasteiger partial charge in [-0.1, -0.05) is 25.3 Å². The topological polar surface area (TPSA) is 83.0 Å². The Labute approximate surface area is 194 Å². The van der Waals surface area contributed by atoms with E-state index in [1.165, 1.54) is 12.0 Å². The van der Waals surface area contributed by atoms with Crippen LogP contribution >= 0.6 is 0 Å². The molecule has 3 aromatic rings. The number of nitrogens with zero attached hydrogens (tertiary/aromatic N) is 4. The molecule has 2 aromatic heterocycles. The average molecular weight is 443 g/mol. The van der Waals surface area contributed by atoms with E-state index >= 15 is 0 Å². The Morgan fingerprint density at radius 3 is 2.70 bits per heavy atom. The summed E-state index contributed by atoms with van der Waals surface area (Å²) in [4.78, 5) is 28.4. The maximum absolute atomic E-state index is 12.7. The zero-order valence-corrected chi connectivity index (χ0v) is 19.1. The van der Waals surface area contributed by atoms with Gasteiger partial charge >= 0.3 is 0 Å². The molecule has 1 amide bonds. The largest absolute Gasteiger partial charge is 0.366 e. The van der Waals surface area contributed by atoms with E-state index in [1.807, 2.05) is 24.4 Å². The van der Waals surface area contributed by atoms with Crippen molar-refractivity contribution in [1.29, 1.82) is 0 Å². The van der Waals surface area contributed by atoms with Crippen LogP contribution in [0.1, 0.15) is 48.9 Å². The molecule has 1 saturated carbocycles. The second-order valence-electron chi connectivity index (χ2n) is 9.02. The highest BCUT2D eigenvalue weighted by atomic mass is 16.1. The number of benzene rings is 1. The number of hydrogen-bond acceptors (Lipinski definition) is 6. The Bertz CT molecular complexity index is 1130. The lowest BCUT2D eigenvalue weighted by atomic mass is 9.88. The molecule has 5 rings (SSSR count). The highest BCUT2D eigenvalue weighted by molar-refractivity contribution is 5.93. The molecule has 170 valence electrons. The SMILES string of the molecule is Cc1ccc(NC(=O)C2CCCCC2)cc1N1CCc2nc(Nc3ccncc3)ncc2C1. The Morgan fingerprint density at radius 2 is 1.88 bits per heavy atom. The van der Waals surface area contributed by atoms with Crippen LogP contribution in [-0.4, -0.2) is 27.4 Å². The molecule has 0 atom stereocenters. The predicted octanol–water partition coefficient (Wildman–Crippen LogP) is 5.01. The molecule has 3 heterocycles. The molecular formula is C26H30N6O. The predicted molar refractivity (Wildman–Crippen MR) is 131 cm³/mol. The Balaban J connectivity index is 1.29. The highest BCUT2D eigenvalue weighted by Crippen LogP contribution is 2.30. The summed E-state index contributed by atoms with van der Waals surface area (Å²) >= 11 is 0. The number of carbonyl (C=O) groups excluding carboxylic acids is 1. The van der Waals surface area contributed by atoms with Crippen LogP contribution in [0.2, 0.25) is 0 Å². The molecule has 0 saturated heterocycles. The maximum Gasteiger partial charge on any atom is 0.227 e. The lowest BCUT2D eigenvalue weighted by molar-refractivity contribution is -0.120. The van der Waals surface area contributed by atoms with Crippen LogP contribution in [0.3, 0.4) is 0 Å². The van der Waals surface area contributed by atoms with Crippen LogP contribution in [0.4, 0.5) is 23.0 Å². The van der Waals surface area contributed by atoms with Gasteiger partial charge in [-0.25, -0.2) is 9.97 Å². The quantitative estimate of drug-likeness (QED) is 0.578. The molecule has 1 aliphatic heterocycles. The van der Waals surface area contributed by atoms with Crippen molar-refractivity contribution >= 4 is 28.9 Å². The number of rotatable bonds is 5. The lowest BCUT2D eigenvalue weighted by Gasteiger charge is -2.31. The minimum absolute atomic E-state index is 0.150. The minimum atomic E-state index is 0.150. The third-order valence-electron chi connectivity index (χ3n) is 6.66. The van der Waals surface area contributed by atoms with E-state index < -0.39 is 0 Å². The molecule has 1 fully saturated rings. The molecule has 7 nitrogen and oxygen atoms in total. The zero-order valence-electron chi connectivity index (χ0n) is 19.1. The monoisotopic (exact) mass is 442 g/mol. The highest BCUT2D eigenvalue weighted by Gasteiger charge is 2.23. The van der Waals surface area contributed by atoms with Crippen molar-refractivity contribution in [3.8, 4) is 0 Å². The number of nitrogens with one attached hydrogen (secondary N) is 2. The molecule has 0 spiro atoms. The summed E-state index contributed by atoms with van der Waals surface area (Å²) in [6.07, 6.45) is 11.8. The fourth-order valence-electron chi connectivity index (χ4n) is 4.78. The van der Waals surface area contributed by atoms with Gasteiger partial charge in [0.05, 0.1) is 5.69 Å². The first-order chi connectivity index (χ1) is 16.2. The maximum atomic E-state index is 12.7. The second kappa shape index (κ2) is 9.57. The fraction of sp³-hybridized carbons (Fsp3) is 0.385. The molecule has 0 unspecified atom stereocenters. The van der Waals surface area contributed by atoms with Gasteiger partial charge in [0.2, 0.25) is 11.9 Å². The Hall–Kier alpha value is -3.48. The molecule has 33 heavy (non-hydrogen) atoms. The van der Waals surface area contributed by atoms with E-state index in [4.69, 9.17) is 4.98 Å². The van der Waals surface area contributed by atoms with E-state index in [9.17, 15) is 4.79 Å². The first-order valence-corrected chi connectivity index (χ1v) is 11.8. The molecule has 2 N–H and O–H groups in total. The van der Waals surface area contributed by atoms with Gasteiger partial charge in [-0.3, -0.25) is 9.78 Å². The van der Waals surface area contributed by atoms with E-state index in [2.05, 4.69) is 44.6 Å². The number of pyridine rings is 1. The molecule has 0 bridgehead atoms. The van der Waals surface area contributed by atoms with Gasteiger partial charge in [0.1, 0.15) is 0 Å². The lowest BCUT2D eigenvalue weighted by Crippen LogP contribution is -2.32. The molecule has 1 aromatic carbocycles. The van der Waals surface area contributed by atoms with Crippen molar-refractivity contribution in [2.24, 2.45) is 5.92 Å². The van der Waals surface area contributed by atoms with Gasteiger partial charge in [0.15, 0.2) is 0 Å². The van der Waals surface area contributed by atoms with Crippen LogP contribution in [0.5, 0.6) is 0 Å². The molecular weight excluding hydrogens is 412 g/mol. The van der Waals surface area contributed by atoms with Gasteiger partial charge < -0.3 is 15.5 Å². The van der Waals surface area contributed by atoms with E-state index in [0.717, 1.165) is 73.5 Å². The van der Waals surface area contributed by atoms with E-state index in [1.54, 1.807) is 12.4 Å². The van der Waals surface area contributed by atoms with Crippen molar-refractivity contribution in [2.45, 2.75) is 52.0 Å². The van der Waals surface area contributed by atoms with Crippen molar-refractivity contribution in [3.63, 3.8) is 0 Å². The molecule has 0 radical (unpaired) electrons. The first-order valence-electron chi connectivity index (χ1n) is 11.8. The van der Waals surface area contributed by atoms with Crippen molar-refractivity contribution < 1.29 is 4.79 Å². The number of fused-ring (bicyclic) bond motifs is 1. The molecule has 1 aliphatic carbocycles. The summed E-state index contributed by atoms with van der Waals surface area (Å²) in [7, 11) is 0. The third kappa shape index (κ3) is 4.97. The Kier molecular flexibility index (Phi) is 6.19. The normalized spacial score (nSPS) is 16.2. The summed E-state index contributed by atoms with van der Waals surface area (Å²) in [5, 5.41) is 6.41. The number of hydrogen-bond donors (Lipinski definition) is 2. The standard InChI is InChI=1S/C26H30N6O/c1-18-7-8-22(29-25(33)19-5-3-2-4-6-19)15-24(18)32-14-11-23-20(17-32)16-28-26(31-23)30-21-9-12-27-13-10-21/h7-10,12-13,15-16,19H,2-6,11,14,17H2,1H3,(H,29,33)(H,27,28,30,31). The van der Waals surface area contributed by atoms with Gasteiger partial charge in [-0.15, -0.1) is 0 Å². The number of carbonyl (C=O) groups is 1. The summed E-state index contributed by atoms with van der Waals surface area (Å²) in [6.45, 7) is 3.75. The van der Waals surface area contributed by atoms with Gasteiger partial charge in [0, 0.05) is 66.6 Å². The van der Waals surface area contributed by atoms with Gasteiger partial charge in [-0.05, 0) is 49.6 Å². The second-order valence-corrected chi connectivity index (χ2v) is 9.02. The number of amides is 1. The fourth-order valence-corrected chi connectivity index (χ4v) is 4.78. The van der Waals surface area contributed by atoms with Crippen molar-refractivity contribution in [3.05, 3.63) is 65.7 Å². The van der Waals surface area contributed by atoms with Crippen molar-refractivity contribution in [2.75, 3.05) is 22.1 Å². The summed E-state index contributed by atoms with van der Waals surface area (Å²) in [5.74, 6) is 0.922. The number of aryl methyl sites for hydroxylation is 1. The van der Waals surface area contributed by atoms with Crippen LogP contribution < -0.4 is 15.5 Å². The van der Waals surface area contributed by atoms with Crippen LogP contribution in [-0.2, 0) is 17.8 Å². The van der Waals surface area contributed by atoms with Crippen molar-refractivity contribution in [1.82, 2.24) is 15.0 Å². The summed E-state index contributed by atoms with van der Waals surface area (Å²) < 4.78 is 0. The van der Waals surface area contributed by atoms with Crippen LogP contribution in [0, 0.1) is 12.8 Å². The Morgan fingerprint density at radius 1 is 1.06 bits per heavy atom. The number of anilines is 4. The van der Waals surface area contributed by atoms with Crippen LogP contribution in [0.25, 0.3) is 0 Å². The smallest absolute Gasteiger partial charge is 0.227 e. The third-order valence-corrected chi connectivity index (χ3v) is 6.66. The van der Waals surface area contributed by atoms with E-state index in [0.29, 0.717) is 5.95 Å². The van der Waals surface area contributed by atoms with Gasteiger partial charge in [-0.2, -0.15) is 0 Å². The average Bonchev–Trinajstić information content (AvgIpc) is 2.86.